The molecule has 16 heavy (non-hydrogen) atoms. The average Bonchev–Trinajstić information content (AvgIpc) is 2.25. The zero-order chi connectivity index (χ0) is 12.1. The second kappa shape index (κ2) is 5.16. The van der Waals surface area contributed by atoms with E-state index in [1.165, 1.54) is 7.11 Å². The highest BCUT2D eigenvalue weighted by Crippen LogP contribution is 2.27. The van der Waals surface area contributed by atoms with Gasteiger partial charge >= 0.3 is 11.9 Å². The lowest BCUT2D eigenvalue weighted by molar-refractivity contribution is -0.163. The fraction of sp³-hybridized carbons (Fsp3) is 0.273. The van der Waals surface area contributed by atoms with Gasteiger partial charge in [-0.2, -0.15) is 0 Å². The Kier molecular flexibility index (Phi) is 3.88. The summed E-state index contributed by atoms with van der Waals surface area (Å²) in [4.78, 5) is 21.8. The van der Waals surface area contributed by atoms with E-state index in [1.807, 2.05) is 0 Å². The van der Waals surface area contributed by atoms with Crippen LogP contribution in [-0.4, -0.2) is 24.2 Å². The third-order valence-corrected chi connectivity index (χ3v) is 1.93. The standard InChI is InChI=1S/C11H12O5/c1-7(12)16-10(11(13)14)8-5-3-4-6-9(8)15-2/h3-6,10H,1-2H3,(H,13,14). The Morgan fingerprint density at radius 3 is 2.44 bits per heavy atom. The lowest BCUT2D eigenvalue weighted by Crippen LogP contribution is -2.18. The molecule has 0 amide bonds. The number of hydrogen-bond donors (Lipinski definition) is 1. The Balaban J connectivity index is 3.10. The maximum Gasteiger partial charge on any atom is 0.349 e. The molecule has 0 saturated heterocycles. The SMILES string of the molecule is COc1ccccc1C(OC(C)=O)C(=O)O. The first-order valence-corrected chi connectivity index (χ1v) is 4.59. The Bertz CT molecular complexity index is 399. The minimum Gasteiger partial charge on any atom is -0.496 e. The number of hydrogen-bond acceptors (Lipinski definition) is 4. The number of carboxylic acids is 1. The van der Waals surface area contributed by atoms with Crippen LogP contribution >= 0.6 is 0 Å². The number of para-hydroxylation sites is 1. The molecule has 0 radical (unpaired) electrons. The molecule has 0 bridgehead atoms. The second-order valence-electron chi connectivity index (χ2n) is 3.07. The van der Waals surface area contributed by atoms with Crippen LogP contribution in [0.5, 0.6) is 5.75 Å². The minimum atomic E-state index is -1.34. The third-order valence-electron chi connectivity index (χ3n) is 1.93. The van der Waals surface area contributed by atoms with Crippen LogP contribution in [0.1, 0.15) is 18.6 Å². The van der Waals surface area contributed by atoms with Gasteiger partial charge in [-0.25, -0.2) is 4.79 Å². The van der Waals surface area contributed by atoms with Crippen LogP contribution in [0.25, 0.3) is 0 Å². The molecule has 1 aromatic carbocycles. The molecule has 0 fully saturated rings. The van der Waals surface area contributed by atoms with Crippen molar-refractivity contribution < 1.29 is 24.2 Å². The van der Waals surface area contributed by atoms with Gasteiger partial charge in [0.05, 0.1) is 7.11 Å². The van der Waals surface area contributed by atoms with Crippen molar-refractivity contribution in [2.24, 2.45) is 0 Å². The summed E-state index contributed by atoms with van der Waals surface area (Å²) in [6, 6.07) is 6.50. The van der Waals surface area contributed by atoms with Gasteiger partial charge in [0.2, 0.25) is 6.10 Å². The van der Waals surface area contributed by atoms with E-state index in [1.54, 1.807) is 24.3 Å². The number of carbonyl (C=O) groups excluding carboxylic acids is 1. The number of ether oxygens (including phenoxy) is 2. The summed E-state index contributed by atoms with van der Waals surface area (Å²) in [7, 11) is 1.42. The molecule has 1 rings (SSSR count). The number of rotatable bonds is 4. The monoisotopic (exact) mass is 224 g/mol. The van der Waals surface area contributed by atoms with E-state index in [0.717, 1.165) is 6.92 Å². The lowest BCUT2D eigenvalue weighted by atomic mass is 10.1. The third kappa shape index (κ3) is 2.73. The van der Waals surface area contributed by atoms with Crippen LogP contribution in [0.3, 0.4) is 0 Å². The normalized spacial score (nSPS) is 11.6. The summed E-state index contributed by atoms with van der Waals surface area (Å²) in [6.45, 7) is 1.16. The van der Waals surface area contributed by atoms with Crippen molar-refractivity contribution in [3.05, 3.63) is 29.8 Å². The largest absolute Gasteiger partial charge is 0.496 e. The fourth-order valence-corrected chi connectivity index (χ4v) is 1.30. The molecular formula is C11H12O5. The van der Waals surface area contributed by atoms with Crippen molar-refractivity contribution in [3.8, 4) is 5.75 Å². The Labute approximate surface area is 92.6 Å². The van der Waals surface area contributed by atoms with E-state index in [0.29, 0.717) is 11.3 Å². The second-order valence-corrected chi connectivity index (χ2v) is 3.07. The molecule has 5 nitrogen and oxygen atoms in total. The van der Waals surface area contributed by atoms with Crippen molar-refractivity contribution in [2.75, 3.05) is 7.11 Å². The highest BCUT2D eigenvalue weighted by molar-refractivity contribution is 5.79. The van der Waals surface area contributed by atoms with Crippen LogP contribution in [-0.2, 0) is 14.3 Å². The minimum absolute atomic E-state index is 0.313. The molecule has 0 saturated carbocycles. The number of carboxylic acid groups (broad SMARTS) is 1. The maximum atomic E-state index is 11.0. The summed E-state index contributed by atoms with van der Waals surface area (Å²) in [5.41, 5.74) is 0.313. The Hall–Kier alpha value is -2.04. The zero-order valence-electron chi connectivity index (χ0n) is 8.97. The highest BCUT2D eigenvalue weighted by Gasteiger charge is 2.25. The summed E-state index contributed by atoms with van der Waals surface area (Å²) < 4.78 is 9.73. The topological polar surface area (TPSA) is 72.8 Å². The highest BCUT2D eigenvalue weighted by atomic mass is 16.6. The van der Waals surface area contributed by atoms with Crippen molar-refractivity contribution in [3.63, 3.8) is 0 Å². The van der Waals surface area contributed by atoms with E-state index in [4.69, 9.17) is 14.6 Å². The molecular weight excluding hydrogens is 212 g/mol. The summed E-state index contributed by atoms with van der Waals surface area (Å²) in [5, 5.41) is 8.96. The molecule has 5 heteroatoms. The first-order chi connectivity index (χ1) is 7.56. The van der Waals surface area contributed by atoms with Gasteiger partial charge in [0.15, 0.2) is 0 Å². The fourth-order valence-electron chi connectivity index (χ4n) is 1.30. The molecule has 0 spiro atoms. The molecule has 0 aliphatic heterocycles. The van der Waals surface area contributed by atoms with E-state index in [2.05, 4.69) is 0 Å². The quantitative estimate of drug-likeness (QED) is 0.782. The summed E-state index contributed by atoms with van der Waals surface area (Å²) >= 11 is 0. The van der Waals surface area contributed by atoms with E-state index in [9.17, 15) is 9.59 Å². The van der Waals surface area contributed by atoms with Gasteiger partial charge in [-0.15, -0.1) is 0 Å². The number of esters is 1. The van der Waals surface area contributed by atoms with Crippen LogP contribution in [0.4, 0.5) is 0 Å². The van der Waals surface area contributed by atoms with E-state index in [-0.39, 0.29) is 0 Å². The number of benzene rings is 1. The zero-order valence-corrected chi connectivity index (χ0v) is 8.97. The van der Waals surface area contributed by atoms with Gasteiger partial charge in [0.25, 0.3) is 0 Å². The number of carbonyl (C=O) groups is 2. The van der Waals surface area contributed by atoms with Crippen LogP contribution < -0.4 is 4.74 Å². The average molecular weight is 224 g/mol. The van der Waals surface area contributed by atoms with E-state index >= 15 is 0 Å². The first kappa shape index (κ1) is 12.0. The lowest BCUT2D eigenvalue weighted by Gasteiger charge is -2.15. The molecule has 0 heterocycles. The number of aliphatic carboxylic acids is 1. The molecule has 1 N–H and O–H groups in total. The summed E-state index contributed by atoms with van der Waals surface area (Å²) in [6.07, 6.45) is -1.34. The molecule has 0 aliphatic carbocycles. The molecule has 1 unspecified atom stereocenters. The molecule has 1 aromatic rings. The van der Waals surface area contributed by atoms with Gasteiger partial charge in [-0.3, -0.25) is 4.79 Å². The van der Waals surface area contributed by atoms with Gasteiger partial charge in [-0.1, -0.05) is 18.2 Å². The van der Waals surface area contributed by atoms with Gasteiger partial charge < -0.3 is 14.6 Å². The smallest absolute Gasteiger partial charge is 0.349 e. The first-order valence-electron chi connectivity index (χ1n) is 4.59. The van der Waals surface area contributed by atoms with Gasteiger partial charge in [-0.05, 0) is 6.07 Å². The molecule has 0 aliphatic rings. The van der Waals surface area contributed by atoms with Crippen molar-refractivity contribution in [1.82, 2.24) is 0 Å². The predicted octanol–water partition coefficient (Wildman–Crippen LogP) is 1.38. The van der Waals surface area contributed by atoms with Crippen molar-refractivity contribution >= 4 is 11.9 Å². The van der Waals surface area contributed by atoms with Crippen LogP contribution in [0.2, 0.25) is 0 Å². The predicted molar refractivity (Wildman–Crippen MR) is 55.1 cm³/mol. The van der Waals surface area contributed by atoms with E-state index < -0.39 is 18.0 Å². The number of methoxy groups -OCH3 is 1. The van der Waals surface area contributed by atoms with Crippen molar-refractivity contribution in [2.45, 2.75) is 13.0 Å². The molecule has 86 valence electrons. The van der Waals surface area contributed by atoms with Gasteiger partial charge in [0.1, 0.15) is 5.75 Å². The maximum absolute atomic E-state index is 11.0. The van der Waals surface area contributed by atoms with Crippen LogP contribution in [0, 0.1) is 0 Å². The van der Waals surface area contributed by atoms with Gasteiger partial charge in [0, 0.05) is 12.5 Å². The van der Waals surface area contributed by atoms with Crippen molar-refractivity contribution in [1.29, 1.82) is 0 Å². The Morgan fingerprint density at radius 2 is 1.94 bits per heavy atom. The molecule has 0 aromatic heterocycles. The Morgan fingerprint density at radius 1 is 1.31 bits per heavy atom. The van der Waals surface area contributed by atoms with Crippen LogP contribution in [0.15, 0.2) is 24.3 Å². The summed E-state index contributed by atoms with van der Waals surface area (Å²) in [5.74, 6) is -1.52. The molecule has 1 atom stereocenters.